The molecule has 0 unspecified atom stereocenters. The van der Waals surface area contributed by atoms with Crippen molar-refractivity contribution in [1.82, 2.24) is 10.6 Å². The summed E-state index contributed by atoms with van der Waals surface area (Å²) in [6.45, 7) is 4.80. The van der Waals surface area contributed by atoms with E-state index in [0.717, 1.165) is 44.9 Å². The molecule has 0 saturated heterocycles. The molecule has 0 aromatic heterocycles. The number of nitrogens with zero attached hydrogens (tertiary/aromatic N) is 1. The van der Waals surface area contributed by atoms with E-state index in [0.29, 0.717) is 11.5 Å². The van der Waals surface area contributed by atoms with Crippen LogP contribution in [0.5, 0.6) is 0 Å². The first-order valence-corrected chi connectivity index (χ1v) is 7.47. The van der Waals surface area contributed by atoms with E-state index in [1.807, 2.05) is 0 Å². The minimum absolute atomic E-state index is 0.423. The summed E-state index contributed by atoms with van der Waals surface area (Å²) in [6, 6.07) is 0.520. The average Bonchev–Trinajstić information content (AvgIpc) is 3.01. The topological polar surface area (TPSA) is 45.7 Å². The Bertz CT molecular complexity index is 326. The molecular formula is C15H27N3O. The van der Waals surface area contributed by atoms with Gasteiger partial charge in [-0.15, -0.1) is 0 Å². The van der Waals surface area contributed by atoms with Crippen molar-refractivity contribution in [2.24, 2.45) is 10.4 Å². The molecule has 19 heavy (non-hydrogen) atoms. The van der Waals surface area contributed by atoms with Crippen LogP contribution in [0.15, 0.2) is 17.1 Å². The van der Waals surface area contributed by atoms with Crippen LogP contribution in [0.1, 0.15) is 39.0 Å². The monoisotopic (exact) mass is 265 g/mol. The molecule has 0 amide bonds. The van der Waals surface area contributed by atoms with Gasteiger partial charge < -0.3 is 15.4 Å². The van der Waals surface area contributed by atoms with Crippen LogP contribution in [0.3, 0.4) is 0 Å². The zero-order valence-corrected chi connectivity index (χ0v) is 12.2. The highest BCUT2D eigenvalue weighted by Gasteiger charge is 2.41. The molecule has 4 nitrogen and oxygen atoms in total. The van der Waals surface area contributed by atoms with Crippen LogP contribution in [0, 0.1) is 5.41 Å². The Hall–Kier alpha value is -1.03. The second-order valence-electron chi connectivity index (χ2n) is 5.72. The summed E-state index contributed by atoms with van der Waals surface area (Å²) in [5.74, 6) is 0.972. The first kappa shape index (κ1) is 14.4. The molecule has 0 aromatic carbocycles. The molecule has 2 N–H and O–H groups in total. The highest BCUT2D eigenvalue weighted by atomic mass is 16.5. The van der Waals surface area contributed by atoms with E-state index in [2.05, 4.69) is 29.7 Å². The van der Waals surface area contributed by atoms with Gasteiger partial charge in [-0.3, -0.25) is 4.99 Å². The highest BCUT2D eigenvalue weighted by molar-refractivity contribution is 5.80. The van der Waals surface area contributed by atoms with Crippen LogP contribution in [0.2, 0.25) is 0 Å². The number of hydrogen-bond donors (Lipinski definition) is 2. The Morgan fingerprint density at radius 1 is 1.37 bits per heavy atom. The predicted octanol–water partition coefficient (Wildman–Crippen LogP) is 2.08. The quantitative estimate of drug-likeness (QED) is 0.421. The predicted molar refractivity (Wildman–Crippen MR) is 79.4 cm³/mol. The number of guanidine groups is 1. The van der Waals surface area contributed by atoms with E-state index in [9.17, 15) is 0 Å². The SMILES string of the molecule is CCNC(=NCC1(CCOC)CC1)NC1CC=CC1. The highest BCUT2D eigenvalue weighted by Crippen LogP contribution is 2.48. The molecule has 2 aliphatic rings. The molecule has 0 aromatic rings. The van der Waals surface area contributed by atoms with E-state index < -0.39 is 0 Å². The van der Waals surface area contributed by atoms with Gasteiger partial charge in [0.2, 0.25) is 0 Å². The first-order chi connectivity index (χ1) is 9.28. The van der Waals surface area contributed by atoms with Crippen LogP contribution in [0.25, 0.3) is 0 Å². The normalized spacial score (nSPS) is 21.7. The van der Waals surface area contributed by atoms with Gasteiger partial charge in [0.1, 0.15) is 0 Å². The van der Waals surface area contributed by atoms with Crippen LogP contribution in [-0.2, 0) is 4.74 Å². The van der Waals surface area contributed by atoms with Gasteiger partial charge >= 0.3 is 0 Å². The maximum Gasteiger partial charge on any atom is 0.191 e. The molecule has 0 atom stereocenters. The van der Waals surface area contributed by atoms with Crippen LogP contribution >= 0.6 is 0 Å². The van der Waals surface area contributed by atoms with Gasteiger partial charge in [-0.25, -0.2) is 0 Å². The standard InChI is InChI=1S/C15H27N3O/c1-3-16-14(18-13-6-4-5-7-13)17-12-15(8-9-15)10-11-19-2/h4-5,13H,3,6-12H2,1-2H3,(H2,16,17,18). The summed E-state index contributed by atoms with van der Waals surface area (Å²) in [7, 11) is 1.78. The van der Waals surface area contributed by atoms with Gasteiger partial charge in [-0.05, 0) is 44.4 Å². The lowest BCUT2D eigenvalue weighted by molar-refractivity contribution is 0.174. The second-order valence-corrected chi connectivity index (χ2v) is 5.72. The number of ether oxygens (including phenoxy) is 1. The molecule has 4 heteroatoms. The molecular weight excluding hydrogens is 238 g/mol. The van der Waals surface area contributed by atoms with Crippen molar-refractivity contribution in [2.75, 3.05) is 26.8 Å². The largest absolute Gasteiger partial charge is 0.385 e. The lowest BCUT2D eigenvalue weighted by atomic mass is 10.0. The van der Waals surface area contributed by atoms with Crippen molar-refractivity contribution in [3.05, 3.63) is 12.2 Å². The summed E-state index contributed by atoms with van der Waals surface area (Å²) < 4.78 is 5.19. The molecule has 2 aliphatic carbocycles. The second kappa shape index (κ2) is 6.94. The smallest absolute Gasteiger partial charge is 0.191 e. The maximum absolute atomic E-state index is 5.19. The third kappa shape index (κ3) is 4.53. The summed E-state index contributed by atoms with van der Waals surface area (Å²) in [4.78, 5) is 4.78. The van der Waals surface area contributed by atoms with Crippen molar-refractivity contribution < 1.29 is 4.74 Å². The number of aliphatic imine (C=N–C) groups is 1. The minimum atomic E-state index is 0.423. The number of hydrogen-bond acceptors (Lipinski definition) is 2. The van der Waals surface area contributed by atoms with Gasteiger partial charge in [-0.1, -0.05) is 12.2 Å². The molecule has 0 bridgehead atoms. The fourth-order valence-corrected chi connectivity index (χ4v) is 2.48. The zero-order valence-electron chi connectivity index (χ0n) is 12.2. The number of nitrogens with one attached hydrogen (secondary N) is 2. The fourth-order valence-electron chi connectivity index (χ4n) is 2.48. The average molecular weight is 265 g/mol. The summed E-state index contributed by atoms with van der Waals surface area (Å²) in [6.07, 6.45) is 10.4. The fraction of sp³-hybridized carbons (Fsp3) is 0.800. The molecule has 0 spiro atoms. The maximum atomic E-state index is 5.19. The van der Waals surface area contributed by atoms with E-state index in [-0.39, 0.29) is 0 Å². The van der Waals surface area contributed by atoms with E-state index in [4.69, 9.17) is 9.73 Å². The Morgan fingerprint density at radius 2 is 2.11 bits per heavy atom. The van der Waals surface area contributed by atoms with Crippen LogP contribution in [-0.4, -0.2) is 38.8 Å². The van der Waals surface area contributed by atoms with Gasteiger partial charge in [0.25, 0.3) is 0 Å². The Balaban J connectivity index is 1.81. The zero-order chi connectivity index (χ0) is 13.6. The Morgan fingerprint density at radius 3 is 2.68 bits per heavy atom. The summed E-state index contributed by atoms with van der Waals surface area (Å²) in [5, 5.41) is 6.86. The Kier molecular flexibility index (Phi) is 5.25. The molecule has 1 fully saturated rings. The molecule has 0 heterocycles. The lowest BCUT2D eigenvalue weighted by Gasteiger charge is -2.18. The van der Waals surface area contributed by atoms with E-state index >= 15 is 0 Å². The summed E-state index contributed by atoms with van der Waals surface area (Å²) >= 11 is 0. The number of methoxy groups -OCH3 is 1. The lowest BCUT2D eigenvalue weighted by Crippen LogP contribution is -2.42. The molecule has 0 radical (unpaired) electrons. The Labute approximate surface area is 116 Å². The third-order valence-electron chi connectivity index (χ3n) is 4.06. The minimum Gasteiger partial charge on any atom is -0.385 e. The first-order valence-electron chi connectivity index (χ1n) is 7.47. The number of rotatable bonds is 7. The van der Waals surface area contributed by atoms with Crippen molar-refractivity contribution in [1.29, 1.82) is 0 Å². The molecule has 108 valence electrons. The van der Waals surface area contributed by atoms with Crippen molar-refractivity contribution in [2.45, 2.75) is 45.1 Å². The van der Waals surface area contributed by atoms with Crippen molar-refractivity contribution in [3.8, 4) is 0 Å². The molecule has 2 rings (SSSR count). The molecule has 1 saturated carbocycles. The third-order valence-corrected chi connectivity index (χ3v) is 4.06. The van der Waals surface area contributed by atoms with Crippen LogP contribution < -0.4 is 10.6 Å². The van der Waals surface area contributed by atoms with Gasteiger partial charge in [0.05, 0.1) is 0 Å². The summed E-state index contributed by atoms with van der Waals surface area (Å²) in [5.41, 5.74) is 0.423. The molecule has 0 aliphatic heterocycles. The van der Waals surface area contributed by atoms with Crippen molar-refractivity contribution >= 4 is 5.96 Å². The van der Waals surface area contributed by atoms with Gasteiger partial charge in [0, 0.05) is 32.8 Å². The van der Waals surface area contributed by atoms with Crippen molar-refractivity contribution in [3.63, 3.8) is 0 Å². The van der Waals surface area contributed by atoms with Gasteiger partial charge in [0.15, 0.2) is 5.96 Å². The van der Waals surface area contributed by atoms with E-state index in [1.165, 1.54) is 12.8 Å². The van der Waals surface area contributed by atoms with E-state index in [1.54, 1.807) is 7.11 Å². The van der Waals surface area contributed by atoms with Crippen LogP contribution in [0.4, 0.5) is 0 Å². The van der Waals surface area contributed by atoms with Gasteiger partial charge in [-0.2, -0.15) is 0 Å².